The van der Waals surface area contributed by atoms with E-state index < -0.39 is 0 Å². The summed E-state index contributed by atoms with van der Waals surface area (Å²) < 4.78 is 2.38. The van der Waals surface area contributed by atoms with Gasteiger partial charge in [-0.3, -0.25) is 0 Å². The predicted octanol–water partition coefficient (Wildman–Crippen LogP) is 3.20. The molecule has 2 unspecified atom stereocenters. The van der Waals surface area contributed by atoms with Gasteiger partial charge in [-0.05, 0) is 50.6 Å². The van der Waals surface area contributed by atoms with Crippen molar-refractivity contribution in [3.63, 3.8) is 0 Å². The standard InChI is InChI=1S/C19H33N5.ClH/c1-2-15-4-3-5-16(12-15)14-23-9-6-17(7-10-23)19-22-21-18-13-20-8-11-24(18)19;/h15-17,20H,2-14H2,1H3;1H. The summed E-state index contributed by atoms with van der Waals surface area (Å²) in [5.74, 6) is 4.96. The molecular formula is C19H34ClN5. The fourth-order valence-corrected chi connectivity index (χ4v) is 5.09. The summed E-state index contributed by atoms with van der Waals surface area (Å²) in [7, 11) is 0. The largest absolute Gasteiger partial charge is 0.312 e. The number of nitrogens with zero attached hydrogens (tertiary/aromatic N) is 4. The SMILES string of the molecule is CCC1CCCC(CN2CCC(c3nnc4n3CCNC4)CC2)C1.Cl. The third-order valence-electron chi connectivity index (χ3n) is 6.59. The van der Waals surface area contributed by atoms with Crippen LogP contribution in [0.25, 0.3) is 0 Å². The summed E-state index contributed by atoms with van der Waals surface area (Å²) in [6.07, 6.45) is 9.76. The average molecular weight is 368 g/mol. The Labute approximate surface area is 158 Å². The van der Waals surface area contributed by atoms with Crippen molar-refractivity contribution < 1.29 is 0 Å². The Morgan fingerprint density at radius 2 is 1.84 bits per heavy atom. The van der Waals surface area contributed by atoms with Crippen molar-refractivity contribution >= 4 is 12.4 Å². The van der Waals surface area contributed by atoms with Crippen LogP contribution >= 0.6 is 12.4 Å². The normalized spacial score (nSPS) is 28.4. The van der Waals surface area contributed by atoms with Crippen LogP contribution in [0.15, 0.2) is 0 Å². The fourth-order valence-electron chi connectivity index (χ4n) is 5.09. The topological polar surface area (TPSA) is 46.0 Å². The molecule has 1 saturated carbocycles. The molecule has 1 saturated heterocycles. The summed E-state index contributed by atoms with van der Waals surface area (Å²) >= 11 is 0. The van der Waals surface area contributed by atoms with Crippen LogP contribution in [0.2, 0.25) is 0 Å². The molecule has 142 valence electrons. The van der Waals surface area contributed by atoms with Crippen LogP contribution in [0.5, 0.6) is 0 Å². The van der Waals surface area contributed by atoms with E-state index in [9.17, 15) is 0 Å². The lowest BCUT2D eigenvalue weighted by molar-refractivity contribution is 0.143. The number of likely N-dealkylation sites (tertiary alicyclic amines) is 1. The lowest BCUT2D eigenvalue weighted by Gasteiger charge is -2.36. The van der Waals surface area contributed by atoms with Gasteiger partial charge in [0.2, 0.25) is 0 Å². The Morgan fingerprint density at radius 3 is 2.64 bits per heavy atom. The second kappa shape index (κ2) is 8.83. The highest BCUT2D eigenvalue weighted by Gasteiger charge is 2.29. The first-order chi connectivity index (χ1) is 11.8. The van der Waals surface area contributed by atoms with Gasteiger partial charge in [-0.1, -0.05) is 26.2 Å². The van der Waals surface area contributed by atoms with Gasteiger partial charge in [-0.15, -0.1) is 22.6 Å². The van der Waals surface area contributed by atoms with E-state index in [1.54, 1.807) is 0 Å². The molecule has 0 aromatic carbocycles. The van der Waals surface area contributed by atoms with Crippen LogP contribution in [0.1, 0.15) is 69.4 Å². The van der Waals surface area contributed by atoms with Crippen LogP contribution < -0.4 is 5.32 Å². The minimum Gasteiger partial charge on any atom is -0.312 e. The molecule has 5 nitrogen and oxygen atoms in total. The maximum absolute atomic E-state index is 4.54. The van der Waals surface area contributed by atoms with Gasteiger partial charge in [0.15, 0.2) is 0 Å². The summed E-state index contributed by atoms with van der Waals surface area (Å²) in [5.41, 5.74) is 0. The van der Waals surface area contributed by atoms with Crippen LogP contribution in [0, 0.1) is 11.8 Å². The Bertz CT molecular complexity index is 538. The number of piperidine rings is 1. The van der Waals surface area contributed by atoms with Crippen molar-refractivity contribution in [2.75, 3.05) is 26.2 Å². The molecule has 4 rings (SSSR count). The highest BCUT2D eigenvalue weighted by molar-refractivity contribution is 5.85. The van der Waals surface area contributed by atoms with E-state index in [1.807, 2.05) is 0 Å². The van der Waals surface area contributed by atoms with Crippen molar-refractivity contribution in [2.45, 2.75) is 70.9 Å². The molecule has 1 aromatic heterocycles. The molecule has 0 bridgehead atoms. The number of fused-ring (bicyclic) bond motifs is 1. The predicted molar refractivity (Wildman–Crippen MR) is 103 cm³/mol. The summed E-state index contributed by atoms with van der Waals surface area (Å²) in [6.45, 7) is 9.18. The van der Waals surface area contributed by atoms with E-state index in [-0.39, 0.29) is 12.4 Å². The van der Waals surface area contributed by atoms with Crippen LogP contribution in [0.3, 0.4) is 0 Å². The molecule has 1 aromatic rings. The molecule has 2 fully saturated rings. The third kappa shape index (κ3) is 4.37. The van der Waals surface area contributed by atoms with E-state index in [0.29, 0.717) is 5.92 Å². The van der Waals surface area contributed by atoms with E-state index in [2.05, 4.69) is 31.9 Å². The molecule has 6 heteroatoms. The molecule has 0 radical (unpaired) electrons. The Balaban J connectivity index is 0.00000182. The smallest absolute Gasteiger partial charge is 0.147 e. The highest BCUT2D eigenvalue weighted by Crippen LogP contribution is 2.33. The number of halogens is 1. The van der Waals surface area contributed by atoms with E-state index in [1.165, 1.54) is 70.4 Å². The Kier molecular flexibility index (Phi) is 6.75. The molecule has 1 N–H and O–H groups in total. The summed E-state index contributed by atoms with van der Waals surface area (Å²) in [6, 6.07) is 0. The summed E-state index contributed by atoms with van der Waals surface area (Å²) in [5, 5.41) is 12.3. The van der Waals surface area contributed by atoms with E-state index >= 15 is 0 Å². The van der Waals surface area contributed by atoms with Crippen molar-refractivity contribution in [1.82, 2.24) is 25.0 Å². The van der Waals surface area contributed by atoms with E-state index in [0.717, 1.165) is 37.3 Å². The van der Waals surface area contributed by atoms with Crippen molar-refractivity contribution in [3.05, 3.63) is 11.6 Å². The number of aromatic nitrogens is 3. The van der Waals surface area contributed by atoms with Gasteiger partial charge in [0.1, 0.15) is 11.6 Å². The number of rotatable bonds is 4. The number of hydrogen-bond acceptors (Lipinski definition) is 4. The Morgan fingerprint density at radius 1 is 1.04 bits per heavy atom. The monoisotopic (exact) mass is 367 g/mol. The summed E-state index contributed by atoms with van der Waals surface area (Å²) in [4.78, 5) is 2.73. The Hall–Kier alpha value is -0.650. The van der Waals surface area contributed by atoms with Gasteiger partial charge in [0.25, 0.3) is 0 Å². The minimum absolute atomic E-state index is 0. The van der Waals surface area contributed by atoms with Gasteiger partial charge < -0.3 is 14.8 Å². The fraction of sp³-hybridized carbons (Fsp3) is 0.895. The molecule has 3 aliphatic rings. The van der Waals surface area contributed by atoms with Crippen LogP contribution in [0.4, 0.5) is 0 Å². The molecule has 0 amide bonds. The lowest BCUT2D eigenvalue weighted by atomic mass is 9.79. The quantitative estimate of drug-likeness (QED) is 0.887. The van der Waals surface area contributed by atoms with Crippen LogP contribution in [-0.4, -0.2) is 45.8 Å². The molecule has 2 atom stereocenters. The van der Waals surface area contributed by atoms with Gasteiger partial charge in [-0.2, -0.15) is 0 Å². The molecular weight excluding hydrogens is 334 g/mol. The maximum Gasteiger partial charge on any atom is 0.147 e. The van der Waals surface area contributed by atoms with Crippen molar-refractivity contribution in [3.8, 4) is 0 Å². The zero-order chi connectivity index (χ0) is 16.4. The second-order valence-corrected chi connectivity index (χ2v) is 8.18. The minimum atomic E-state index is 0. The average Bonchev–Trinajstić information content (AvgIpc) is 3.07. The lowest BCUT2D eigenvalue weighted by Crippen LogP contribution is -2.38. The van der Waals surface area contributed by atoms with Crippen molar-refractivity contribution in [2.24, 2.45) is 11.8 Å². The molecule has 2 aliphatic heterocycles. The second-order valence-electron chi connectivity index (χ2n) is 8.18. The van der Waals surface area contributed by atoms with Gasteiger partial charge in [0, 0.05) is 25.6 Å². The van der Waals surface area contributed by atoms with Gasteiger partial charge >= 0.3 is 0 Å². The maximum atomic E-state index is 4.54. The van der Waals surface area contributed by atoms with Gasteiger partial charge in [-0.25, -0.2) is 0 Å². The highest BCUT2D eigenvalue weighted by atomic mass is 35.5. The third-order valence-corrected chi connectivity index (χ3v) is 6.59. The zero-order valence-corrected chi connectivity index (χ0v) is 16.4. The molecule has 0 spiro atoms. The first-order valence-corrected chi connectivity index (χ1v) is 10.2. The first kappa shape index (κ1) is 19.1. The molecule has 1 aliphatic carbocycles. The first-order valence-electron chi connectivity index (χ1n) is 10.2. The van der Waals surface area contributed by atoms with Crippen molar-refractivity contribution in [1.29, 1.82) is 0 Å². The molecule has 25 heavy (non-hydrogen) atoms. The number of nitrogens with one attached hydrogen (secondary N) is 1. The van der Waals surface area contributed by atoms with Crippen LogP contribution in [-0.2, 0) is 13.1 Å². The van der Waals surface area contributed by atoms with E-state index in [4.69, 9.17) is 0 Å². The zero-order valence-electron chi connectivity index (χ0n) is 15.6. The number of hydrogen-bond donors (Lipinski definition) is 1. The van der Waals surface area contributed by atoms with Gasteiger partial charge in [0.05, 0.1) is 6.54 Å². The molecule has 3 heterocycles.